The van der Waals surface area contributed by atoms with E-state index in [1.807, 2.05) is 37.2 Å². The summed E-state index contributed by atoms with van der Waals surface area (Å²) in [5.41, 5.74) is 0.727. The first-order chi connectivity index (χ1) is 12.8. The minimum atomic E-state index is -0.560. The van der Waals surface area contributed by atoms with E-state index in [0.717, 1.165) is 5.56 Å². The van der Waals surface area contributed by atoms with Crippen molar-refractivity contribution in [3.8, 4) is 0 Å². The van der Waals surface area contributed by atoms with Crippen molar-refractivity contribution >= 4 is 28.4 Å². The summed E-state index contributed by atoms with van der Waals surface area (Å²) in [6.07, 6.45) is 0. The second-order valence-electron chi connectivity index (χ2n) is 6.49. The van der Waals surface area contributed by atoms with Gasteiger partial charge >= 0.3 is 0 Å². The fraction of sp³-hybridized carbons (Fsp3) is 0.200. The molecule has 0 aliphatic rings. The molecule has 2 N–H and O–H groups in total. The monoisotopic (exact) mass is 387 g/mol. The van der Waals surface area contributed by atoms with Crippen LogP contribution in [0.15, 0.2) is 53.3 Å². The molecule has 0 aliphatic carbocycles. The Hall–Kier alpha value is -2.70. The third-order valence-electron chi connectivity index (χ3n) is 4.37. The highest BCUT2D eigenvalue weighted by Crippen LogP contribution is 2.21. The van der Waals surface area contributed by atoms with Gasteiger partial charge in [-0.2, -0.15) is 0 Å². The normalized spacial score (nSPS) is 12.3. The van der Waals surface area contributed by atoms with Gasteiger partial charge in [-0.1, -0.05) is 23.7 Å². The zero-order chi connectivity index (χ0) is 19.6. The van der Waals surface area contributed by atoms with E-state index >= 15 is 0 Å². The predicted octanol–water partition coefficient (Wildman–Crippen LogP) is 3.35. The van der Waals surface area contributed by atoms with E-state index in [1.54, 1.807) is 6.07 Å². The summed E-state index contributed by atoms with van der Waals surface area (Å²) in [6.45, 7) is 0.299. The molecule has 0 spiro atoms. The number of halogens is 2. The smallest absolute Gasteiger partial charge is 0.261 e. The lowest BCUT2D eigenvalue weighted by Crippen LogP contribution is -2.36. The third kappa shape index (κ3) is 4.35. The molecule has 1 unspecified atom stereocenters. The van der Waals surface area contributed by atoms with Crippen LogP contribution in [0, 0.1) is 5.82 Å². The Balaban J connectivity index is 1.82. The molecule has 1 atom stereocenters. The van der Waals surface area contributed by atoms with Crippen LogP contribution in [0.5, 0.6) is 0 Å². The Labute approximate surface area is 160 Å². The molecule has 1 amide bonds. The van der Waals surface area contributed by atoms with Crippen LogP contribution in [0.3, 0.4) is 0 Å². The summed E-state index contributed by atoms with van der Waals surface area (Å²) in [4.78, 5) is 29.3. The van der Waals surface area contributed by atoms with Gasteiger partial charge in [0.25, 0.3) is 11.5 Å². The molecular weight excluding hydrogens is 369 g/mol. The maximum absolute atomic E-state index is 13.3. The highest BCUT2D eigenvalue weighted by molar-refractivity contribution is 6.30. The Morgan fingerprint density at radius 3 is 2.70 bits per heavy atom. The average molecular weight is 388 g/mol. The van der Waals surface area contributed by atoms with Crippen LogP contribution < -0.4 is 10.9 Å². The lowest BCUT2D eigenvalue weighted by atomic mass is 10.1. The van der Waals surface area contributed by atoms with E-state index in [4.69, 9.17) is 11.6 Å². The van der Waals surface area contributed by atoms with Gasteiger partial charge in [-0.05, 0) is 61.4 Å². The molecule has 0 saturated heterocycles. The van der Waals surface area contributed by atoms with Crippen molar-refractivity contribution in [3.63, 3.8) is 0 Å². The van der Waals surface area contributed by atoms with Crippen molar-refractivity contribution < 1.29 is 9.18 Å². The van der Waals surface area contributed by atoms with E-state index in [9.17, 15) is 14.0 Å². The van der Waals surface area contributed by atoms with E-state index in [-0.39, 0.29) is 11.6 Å². The van der Waals surface area contributed by atoms with Gasteiger partial charge in [0.15, 0.2) is 0 Å². The second kappa shape index (κ2) is 7.90. The van der Waals surface area contributed by atoms with Crippen molar-refractivity contribution in [3.05, 3.63) is 80.9 Å². The first kappa shape index (κ1) is 19.1. The van der Waals surface area contributed by atoms with Crippen LogP contribution in [-0.4, -0.2) is 36.4 Å². The summed E-state index contributed by atoms with van der Waals surface area (Å²) in [7, 11) is 3.80. The fourth-order valence-electron chi connectivity index (χ4n) is 2.94. The van der Waals surface area contributed by atoms with Gasteiger partial charge in [-0.15, -0.1) is 0 Å². The molecule has 0 bridgehead atoms. The predicted molar refractivity (Wildman–Crippen MR) is 105 cm³/mol. The van der Waals surface area contributed by atoms with Crippen molar-refractivity contribution in [2.75, 3.05) is 20.6 Å². The number of benzene rings is 2. The molecular formula is C20H19ClFN3O2. The Morgan fingerprint density at radius 1 is 1.22 bits per heavy atom. The number of nitrogens with one attached hydrogen (secondary N) is 2. The van der Waals surface area contributed by atoms with Gasteiger partial charge in [0.05, 0.1) is 11.6 Å². The van der Waals surface area contributed by atoms with E-state index in [2.05, 4.69) is 10.3 Å². The van der Waals surface area contributed by atoms with E-state index in [0.29, 0.717) is 22.5 Å². The molecule has 7 heteroatoms. The number of pyridine rings is 1. The Morgan fingerprint density at radius 2 is 2.00 bits per heavy atom. The molecule has 1 heterocycles. The molecule has 3 rings (SSSR count). The first-order valence-corrected chi connectivity index (χ1v) is 8.75. The minimum absolute atomic E-state index is 0.0160. The maximum atomic E-state index is 13.3. The zero-order valence-corrected chi connectivity index (χ0v) is 15.7. The number of H-pyrrole nitrogens is 1. The number of hydrogen-bond acceptors (Lipinski definition) is 3. The molecule has 0 radical (unpaired) electrons. The van der Waals surface area contributed by atoms with Gasteiger partial charge in [0.1, 0.15) is 11.4 Å². The molecule has 27 heavy (non-hydrogen) atoms. The van der Waals surface area contributed by atoms with Crippen LogP contribution in [-0.2, 0) is 0 Å². The van der Waals surface area contributed by atoms with Gasteiger partial charge < -0.3 is 15.2 Å². The van der Waals surface area contributed by atoms with Crippen LogP contribution in [0.25, 0.3) is 10.9 Å². The molecule has 5 nitrogen and oxygen atoms in total. The molecule has 0 fully saturated rings. The van der Waals surface area contributed by atoms with Crippen LogP contribution in [0.4, 0.5) is 4.39 Å². The maximum Gasteiger partial charge on any atom is 0.261 e. The quantitative estimate of drug-likeness (QED) is 0.705. The largest absolute Gasteiger partial charge is 0.350 e. The Kier molecular flexibility index (Phi) is 5.58. The summed E-state index contributed by atoms with van der Waals surface area (Å²) in [5, 5.41) is 4.00. The van der Waals surface area contributed by atoms with Gasteiger partial charge in [-0.25, -0.2) is 4.39 Å². The molecule has 0 aliphatic heterocycles. The molecule has 140 valence electrons. The fourth-order valence-corrected chi connectivity index (χ4v) is 3.14. The lowest BCUT2D eigenvalue weighted by molar-refractivity contribution is 0.0940. The van der Waals surface area contributed by atoms with Crippen LogP contribution in [0.2, 0.25) is 5.02 Å². The molecule has 0 saturated carbocycles. The summed E-state index contributed by atoms with van der Waals surface area (Å²) in [5.74, 6) is -0.943. The number of rotatable bonds is 5. The highest BCUT2D eigenvalue weighted by atomic mass is 35.5. The van der Waals surface area contributed by atoms with E-state index < -0.39 is 17.3 Å². The number of aromatic nitrogens is 1. The highest BCUT2D eigenvalue weighted by Gasteiger charge is 2.18. The summed E-state index contributed by atoms with van der Waals surface area (Å²) >= 11 is 6.06. The number of amides is 1. The number of carbonyl (C=O) groups is 1. The van der Waals surface area contributed by atoms with Crippen LogP contribution >= 0.6 is 11.6 Å². The van der Waals surface area contributed by atoms with Crippen LogP contribution in [0.1, 0.15) is 22.0 Å². The van der Waals surface area contributed by atoms with Crippen molar-refractivity contribution in [1.29, 1.82) is 0 Å². The average Bonchev–Trinajstić information content (AvgIpc) is 2.60. The number of carbonyl (C=O) groups excluding carboxylic acids is 1. The zero-order valence-electron chi connectivity index (χ0n) is 14.9. The third-order valence-corrected chi connectivity index (χ3v) is 4.60. The first-order valence-electron chi connectivity index (χ1n) is 8.38. The number of fused-ring (bicyclic) bond motifs is 1. The van der Waals surface area contributed by atoms with Gasteiger partial charge in [-0.3, -0.25) is 9.59 Å². The van der Waals surface area contributed by atoms with Crippen molar-refractivity contribution in [2.24, 2.45) is 0 Å². The number of hydrogen-bond donors (Lipinski definition) is 2. The Bertz CT molecular complexity index is 1050. The van der Waals surface area contributed by atoms with Gasteiger partial charge in [0.2, 0.25) is 0 Å². The minimum Gasteiger partial charge on any atom is -0.350 e. The standard InChI is InChI=1S/C20H19ClFN3O2/c1-25(2)18(13-4-3-5-14(21)8-13)11-23-19(26)16-9-12-6-7-15(22)10-17(12)24-20(16)27/h3-10,18H,11H2,1-2H3,(H,23,26)(H,24,27). The van der Waals surface area contributed by atoms with Gasteiger partial charge in [0, 0.05) is 11.6 Å². The van der Waals surface area contributed by atoms with Crippen molar-refractivity contribution in [2.45, 2.75) is 6.04 Å². The molecule has 2 aromatic carbocycles. The molecule has 3 aromatic rings. The number of aromatic amines is 1. The SMILES string of the molecule is CN(C)C(CNC(=O)c1cc2ccc(F)cc2[nH]c1=O)c1cccc(Cl)c1. The second-order valence-corrected chi connectivity index (χ2v) is 6.92. The van der Waals surface area contributed by atoms with Crippen molar-refractivity contribution in [1.82, 2.24) is 15.2 Å². The summed E-state index contributed by atoms with van der Waals surface area (Å²) < 4.78 is 13.3. The number of likely N-dealkylation sites (N-methyl/N-ethyl adjacent to an activating group) is 1. The summed E-state index contributed by atoms with van der Waals surface area (Å²) in [6, 6.07) is 12.8. The van der Waals surface area contributed by atoms with E-state index in [1.165, 1.54) is 24.3 Å². The lowest BCUT2D eigenvalue weighted by Gasteiger charge is -2.25. The number of nitrogens with zero attached hydrogens (tertiary/aromatic N) is 1. The molecule has 1 aromatic heterocycles. The topological polar surface area (TPSA) is 65.2 Å².